The van der Waals surface area contributed by atoms with Crippen LogP contribution in [0.2, 0.25) is 0 Å². The summed E-state index contributed by atoms with van der Waals surface area (Å²) in [6, 6.07) is 130. The van der Waals surface area contributed by atoms with Crippen molar-refractivity contribution in [2.75, 3.05) is 0 Å². The summed E-state index contributed by atoms with van der Waals surface area (Å²) in [6.07, 6.45) is 1.98. The van der Waals surface area contributed by atoms with Gasteiger partial charge in [-0.2, -0.15) is 0 Å². The van der Waals surface area contributed by atoms with Gasteiger partial charge in [0.15, 0.2) is 0 Å². The molecule has 0 atom stereocenters. The third kappa shape index (κ3) is 9.42. The lowest BCUT2D eigenvalue weighted by Crippen LogP contribution is -1.97. The van der Waals surface area contributed by atoms with E-state index in [1.165, 1.54) is 162 Å². The molecule has 18 aromatic carbocycles. The van der Waals surface area contributed by atoms with E-state index in [9.17, 15) is 0 Å². The fraction of sp³-hybridized carbons (Fsp3) is 0. The number of hydrogen-bond acceptors (Lipinski definition) is 3. The van der Waals surface area contributed by atoms with Crippen LogP contribution in [0.25, 0.3) is 212 Å². The number of para-hydroxylation sites is 3. The summed E-state index contributed by atoms with van der Waals surface area (Å²) in [6.45, 7) is 0. The van der Waals surface area contributed by atoms with E-state index in [0.29, 0.717) is 0 Å². The molecule has 0 fully saturated rings. The smallest absolute Gasteiger partial charge is 0.145 e. The molecule has 0 saturated carbocycles. The number of rotatable bonds is 9. The minimum Gasteiger partial charge on any atom is -0.292 e. The maximum atomic E-state index is 5.20. The molecule has 0 aliphatic heterocycles. The zero-order chi connectivity index (χ0) is 66.9. The van der Waals surface area contributed by atoms with Crippen molar-refractivity contribution in [3.8, 4) is 95.1 Å². The molecule has 3 heterocycles. The molecule has 0 N–H and O–H groups in total. The number of fused-ring (bicyclic) bond motifs is 12. The van der Waals surface area contributed by atoms with E-state index in [4.69, 9.17) is 9.97 Å². The quantitative estimate of drug-likeness (QED) is 0.135. The van der Waals surface area contributed by atoms with Gasteiger partial charge in [0.25, 0.3) is 0 Å². The normalized spacial score (nSPS) is 11.9. The Kier molecular flexibility index (Phi) is 13.2. The van der Waals surface area contributed by atoms with Crippen LogP contribution < -0.4 is 0 Å². The second kappa shape index (κ2) is 23.3. The van der Waals surface area contributed by atoms with E-state index in [-0.39, 0.29) is 0 Å². The molecule has 0 aliphatic carbocycles. The van der Waals surface area contributed by atoms with Gasteiger partial charge in [0.2, 0.25) is 0 Å². The van der Waals surface area contributed by atoms with Gasteiger partial charge in [0.05, 0.1) is 21.4 Å². The Hall–Kier alpha value is -13.1. The van der Waals surface area contributed by atoms with Crippen LogP contribution in [0.4, 0.5) is 0 Å². The third-order valence-electron chi connectivity index (χ3n) is 21.3. The Bertz CT molecular complexity index is 7060. The van der Waals surface area contributed by atoms with Crippen LogP contribution in [-0.2, 0) is 0 Å². The predicted octanol–water partition coefficient (Wildman–Crippen LogP) is 27.4. The number of nitrogens with zero attached hydrogens (tertiary/aromatic N) is 3. The van der Waals surface area contributed by atoms with Gasteiger partial charge in [0.1, 0.15) is 5.82 Å². The van der Waals surface area contributed by atoms with Crippen LogP contribution >= 0.6 is 11.3 Å². The summed E-state index contributed by atoms with van der Waals surface area (Å²) >= 11 is 1.83. The number of pyridine rings is 1. The molecule has 3 aromatic heterocycles. The maximum absolute atomic E-state index is 5.20. The molecular formula is C98H59N3S. The Labute approximate surface area is 592 Å². The number of imidazole rings is 1. The molecule has 21 aromatic rings. The van der Waals surface area contributed by atoms with E-state index in [0.717, 1.165) is 50.5 Å². The zero-order valence-electron chi connectivity index (χ0n) is 55.3. The van der Waals surface area contributed by atoms with Crippen molar-refractivity contribution in [3.63, 3.8) is 0 Å². The van der Waals surface area contributed by atoms with Gasteiger partial charge in [0, 0.05) is 38.5 Å². The number of aromatic nitrogens is 3. The van der Waals surface area contributed by atoms with Crippen molar-refractivity contribution in [1.29, 1.82) is 0 Å². The molecule has 0 amide bonds. The number of benzene rings is 18. The van der Waals surface area contributed by atoms with Crippen molar-refractivity contribution in [2.24, 2.45) is 0 Å². The van der Waals surface area contributed by atoms with Crippen LogP contribution in [-0.4, -0.2) is 14.5 Å². The molecule has 4 heteroatoms. The average Bonchev–Trinajstić information content (AvgIpc) is 0.947. The lowest BCUT2D eigenvalue weighted by atomic mass is 9.84. The second-order valence-electron chi connectivity index (χ2n) is 27.1. The van der Waals surface area contributed by atoms with Gasteiger partial charge >= 0.3 is 0 Å². The first-order valence-corrected chi connectivity index (χ1v) is 35.8. The van der Waals surface area contributed by atoms with E-state index in [2.05, 4.69) is 356 Å². The van der Waals surface area contributed by atoms with Gasteiger partial charge < -0.3 is 0 Å². The van der Waals surface area contributed by atoms with Crippen molar-refractivity contribution in [3.05, 3.63) is 358 Å². The largest absolute Gasteiger partial charge is 0.292 e. The maximum Gasteiger partial charge on any atom is 0.145 e. The summed E-state index contributed by atoms with van der Waals surface area (Å²) < 4.78 is 4.76. The Morgan fingerprint density at radius 3 is 1.17 bits per heavy atom. The highest BCUT2D eigenvalue weighted by Crippen LogP contribution is 2.50. The summed E-state index contributed by atoms with van der Waals surface area (Å²) in [5.74, 6) is 0.918. The monoisotopic (exact) mass is 1310 g/mol. The first-order chi connectivity index (χ1) is 50.5. The summed E-state index contributed by atoms with van der Waals surface area (Å²) in [5, 5.41) is 22.0. The van der Waals surface area contributed by atoms with Gasteiger partial charge in [-0.1, -0.05) is 267 Å². The molecule has 0 saturated heterocycles. The Morgan fingerprint density at radius 2 is 0.608 bits per heavy atom. The van der Waals surface area contributed by atoms with E-state index >= 15 is 0 Å². The van der Waals surface area contributed by atoms with Crippen molar-refractivity contribution < 1.29 is 0 Å². The highest BCUT2D eigenvalue weighted by Gasteiger charge is 2.23. The molecule has 0 spiro atoms. The fourth-order valence-corrected chi connectivity index (χ4v) is 17.7. The molecule has 472 valence electrons. The summed E-state index contributed by atoms with van der Waals surface area (Å²) in [5.41, 5.74) is 20.7. The van der Waals surface area contributed by atoms with Crippen LogP contribution in [0.15, 0.2) is 358 Å². The predicted molar refractivity (Wildman–Crippen MR) is 435 cm³/mol. The highest BCUT2D eigenvalue weighted by molar-refractivity contribution is 7.26. The van der Waals surface area contributed by atoms with Crippen molar-refractivity contribution in [2.45, 2.75) is 0 Å². The molecule has 0 unspecified atom stereocenters. The standard InChI is InChI=1S/C98H59N3S/c1-2-20-78(21-3-1)101-90-28-14-13-27-89(90)100-98(101)63-34-30-62(31-35-63)72-46-48-84-87(58-72)94(82-25-10-8-23-80(82)92(84)73-42-32-60-16-4-6-18-64(60)54-73)76-45-41-69-53-67(37-39-71(69)57-76)66-36-38-70-56-74(44-40-68(70)52-66)93-81-24-9-11-26-83(81)95(75-43-33-61-17-5-7-19-65(61)55-75)88-59-77(47-49-85(88)93)96-97-86(50-51-99-96)79-22-12-15-29-91(79)102-97/h1-59H. The fourth-order valence-electron chi connectivity index (χ4n) is 16.5. The minimum atomic E-state index is 0.918. The van der Waals surface area contributed by atoms with E-state index < -0.39 is 0 Å². The molecule has 21 rings (SSSR count). The minimum absolute atomic E-state index is 0.918. The van der Waals surface area contributed by atoms with E-state index in [1.54, 1.807) is 0 Å². The highest BCUT2D eigenvalue weighted by atomic mass is 32.1. The Balaban J connectivity index is 0.664. The van der Waals surface area contributed by atoms with Crippen LogP contribution in [0.1, 0.15) is 0 Å². The first-order valence-electron chi connectivity index (χ1n) is 35.0. The number of thiophene rings is 1. The molecule has 0 radical (unpaired) electrons. The van der Waals surface area contributed by atoms with Gasteiger partial charge in [-0.25, -0.2) is 4.98 Å². The van der Waals surface area contributed by atoms with Crippen molar-refractivity contribution in [1.82, 2.24) is 14.5 Å². The molecular weight excluding hydrogens is 1250 g/mol. The van der Waals surface area contributed by atoms with Gasteiger partial charge in [-0.05, 0) is 238 Å². The molecule has 102 heavy (non-hydrogen) atoms. The Morgan fingerprint density at radius 1 is 0.235 bits per heavy atom. The SMILES string of the molecule is c1ccc(-n2c(-c3ccc(-c4ccc5c(-c6ccc7ccccc7c6)c6ccccc6c(-c6ccc7cc(-c8ccc9cc(-c%10c%11ccccc%11c(-c%11ccc%12ccccc%12c%11)c%11cc(-c%12nccc%13c%12sc%12ccccc%12%13)ccc%10%11)ccc9c8)ccc7c6)c5c4)cc3)nc3ccccc32)cc1. The lowest BCUT2D eigenvalue weighted by Gasteiger charge is -2.19. The third-order valence-corrected chi connectivity index (χ3v) is 22.5. The molecule has 3 nitrogen and oxygen atoms in total. The van der Waals surface area contributed by atoms with Crippen LogP contribution in [0.3, 0.4) is 0 Å². The summed E-state index contributed by atoms with van der Waals surface area (Å²) in [7, 11) is 0. The lowest BCUT2D eigenvalue weighted by molar-refractivity contribution is 1.10. The van der Waals surface area contributed by atoms with Gasteiger partial charge in [-0.3, -0.25) is 9.55 Å². The van der Waals surface area contributed by atoms with Gasteiger partial charge in [-0.15, -0.1) is 11.3 Å². The first kappa shape index (κ1) is 57.9. The average molecular weight is 1310 g/mol. The summed E-state index contributed by atoms with van der Waals surface area (Å²) in [4.78, 5) is 10.3. The number of hydrogen-bond donors (Lipinski definition) is 0. The molecule has 0 aliphatic rings. The van der Waals surface area contributed by atoms with Crippen LogP contribution in [0.5, 0.6) is 0 Å². The van der Waals surface area contributed by atoms with Crippen LogP contribution in [0, 0.1) is 0 Å². The van der Waals surface area contributed by atoms with E-state index in [1.807, 2.05) is 17.5 Å². The molecule has 0 bridgehead atoms. The topological polar surface area (TPSA) is 30.7 Å². The zero-order valence-corrected chi connectivity index (χ0v) is 56.1. The second-order valence-corrected chi connectivity index (χ2v) is 28.1. The van der Waals surface area contributed by atoms with Crippen molar-refractivity contribution >= 4 is 129 Å².